The van der Waals surface area contributed by atoms with Crippen LogP contribution in [0.4, 0.5) is 0 Å². The largest absolute Gasteiger partial charge is 0.497 e. The van der Waals surface area contributed by atoms with Crippen LogP contribution in [0.5, 0.6) is 5.75 Å². The third kappa shape index (κ3) is 2.81. The first-order chi connectivity index (χ1) is 8.24. The third-order valence-electron chi connectivity index (χ3n) is 4.08. The number of hydrogen-bond acceptors (Lipinski definition) is 2. The van der Waals surface area contributed by atoms with Crippen molar-refractivity contribution >= 4 is 0 Å². The highest BCUT2D eigenvalue weighted by atomic mass is 16.5. The van der Waals surface area contributed by atoms with Gasteiger partial charge in [0.1, 0.15) is 5.75 Å². The minimum atomic E-state index is 0.610. The molecule has 0 bridgehead atoms. The number of methoxy groups -OCH3 is 1. The molecule has 1 aliphatic carbocycles. The molecule has 1 aromatic rings. The molecule has 2 nitrogen and oxygen atoms in total. The molecule has 1 saturated carbocycles. The second-order valence-electron chi connectivity index (χ2n) is 5.30. The van der Waals surface area contributed by atoms with Gasteiger partial charge in [-0.1, -0.05) is 25.5 Å². The molecule has 94 valence electrons. The summed E-state index contributed by atoms with van der Waals surface area (Å²) < 4.78 is 5.31. The Labute approximate surface area is 104 Å². The SMILES string of the molecule is COc1cccc(C2CC(C)CCC2CN)c1. The predicted octanol–water partition coefficient (Wildman–Crippen LogP) is 3.17. The van der Waals surface area contributed by atoms with Gasteiger partial charge < -0.3 is 10.5 Å². The highest BCUT2D eigenvalue weighted by molar-refractivity contribution is 5.31. The lowest BCUT2D eigenvalue weighted by atomic mass is 9.71. The lowest BCUT2D eigenvalue weighted by molar-refractivity contribution is 0.253. The molecule has 0 aliphatic heterocycles. The molecule has 2 N–H and O–H groups in total. The molecular weight excluding hydrogens is 210 g/mol. The van der Waals surface area contributed by atoms with Crippen LogP contribution >= 0.6 is 0 Å². The Morgan fingerprint density at radius 1 is 1.35 bits per heavy atom. The molecule has 1 aromatic carbocycles. The standard InChI is InChI=1S/C15H23NO/c1-11-6-7-13(10-16)15(8-11)12-4-3-5-14(9-12)17-2/h3-5,9,11,13,15H,6-8,10,16H2,1-2H3. The molecule has 0 aromatic heterocycles. The van der Waals surface area contributed by atoms with Gasteiger partial charge in [0.15, 0.2) is 0 Å². The Balaban J connectivity index is 2.22. The van der Waals surface area contributed by atoms with Gasteiger partial charge in [-0.25, -0.2) is 0 Å². The zero-order valence-corrected chi connectivity index (χ0v) is 10.9. The molecule has 2 heteroatoms. The van der Waals surface area contributed by atoms with Gasteiger partial charge in [0.2, 0.25) is 0 Å². The van der Waals surface area contributed by atoms with E-state index in [9.17, 15) is 0 Å². The van der Waals surface area contributed by atoms with E-state index in [1.807, 2.05) is 6.07 Å². The molecule has 3 unspecified atom stereocenters. The van der Waals surface area contributed by atoms with Gasteiger partial charge in [0, 0.05) is 0 Å². The Morgan fingerprint density at radius 2 is 2.18 bits per heavy atom. The number of ether oxygens (including phenoxy) is 1. The maximum absolute atomic E-state index is 5.92. The van der Waals surface area contributed by atoms with Crippen molar-refractivity contribution in [2.75, 3.05) is 13.7 Å². The van der Waals surface area contributed by atoms with Crippen molar-refractivity contribution in [3.8, 4) is 5.75 Å². The predicted molar refractivity (Wildman–Crippen MR) is 71.3 cm³/mol. The Bertz CT molecular complexity index is 364. The van der Waals surface area contributed by atoms with E-state index in [0.29, 0.717) is 11.8 Å². The molecular formula is C15H23NO. The van der Waals surface area contributed by atoms with Crippen LogP contribution in [0.2, 0.25) is 0 Å². The highest BCUT2D eigenvalue weighted by Crippen LogP contribution is 2.40. The summed E-state index contributed by atoms with van der Waals surface area (Å²) in [5.41, 5.74) is 7.31. The minimum Gasteiger partial charge on any atom is -0.497 e. The van der Waals surface area contributed by atoms with Crippen LogP contribution in [0.15, 0.2) is 24.3 Å². The molecule has 0 radical (unpaired) electrons. The highest BCUT2D eigenvalue weighted by Gasteiger charge is 2.28. The first kappa shape index (κ1) is 12.4. The van der Waals surface area contributed by atoms with E-state index >= 15 is 0 Å². The Hall–Kier alpha value is -1.02. The van der Waals surface area contributed by atoms with Crippen LogP contribution in [-0.2, 0) is 0 Å². The van der Waals surface area contributed by atoms with E-state index in [4.69, 9.17) is 10.5 Å². The average molecular weight is 233 g/mol. The van der Waals surface area contributed by atoms with E-state index in [1.54, 1.807) is 7.11 Å². The molecule has 1 aliphatic rings. The van der Waals surface area contributed by atoms with Crippen molar-refractivity contribution in [2.45, 2.75) is 32.1 Å². The van der Waals surface area contributed by atoms with E-state index in [0.717, 1.165) is 18.2 Å². The van der Waals surface area contributed by atoms with Crippen molar-refractivity contribution in [3.05, 3.63) is 29.8 Å². The van der Waals surface area contributed by atoms with Gasteiger partial charge in [-0.05, 0) is 54.8 Å². The molecule has 1 fully saturated rings. The summed E-state index contributed by atoms with van der Waals surface area (Å²) >= 11 is 0. The summed E-state index contributed by atoms with van der Waals surface area (Å²) in [4.78, 5) is 0. The minimum absolute atomic E-state index is 0.610. The van der Waals surface area contributed by atoms with Crippen molar-refractivity contribution in [3.63, 3.8) is 0 Å². The van der Waals surface area contributed by atoms with Gasteiger partial charge >= 0.3 is 0 Å². The normalized spacial score (nSPS) is 29.0. The Kier molecular flexibility index (Phi) is 4.06. The second kappa shape index (κ2) is 5.54. The number of nitrogens with two attached hydrogens (primary N) is 1. The monoisotopic (exact) mass is 233 g/mol. The van der Waals surface area contributed by atoms with Gasteiger partial charge in [-0.15, -0.1) is 0 Å². The molecule has 0 spiro atoms. The van der Waals surface area contributed by atoms with E-state index < -0.39 is 0 Å². The fourth-order valence-electron chi connectivity index (χ4n) is 3.01. The van der Waals surface area contributed by atoms with E-state index in [1.165, 1.54) is 24.8 Å². The number of benzene rings is 1. The van der Waals surface area contributed by atoms with Crippen molar-refractivity contribution < 1.29 is 4.74 Å². The van der Waals surface area contributed by atoms with Crippen molar-refractivity contribution in [2.24, 2.45) is 17.6 Å². The van der Waals surface area contributed by atoms with Gasteiger partial charge in [0.05, 0.1) is 7.11 Å². The van der Waals surface area contributed by atoms with Gasteiger partial charge in [0.25, 0.3) is 0 Å². The van der Waals surface area contributed by atoms with Crippen LogP contribution in [0.3, 0.4) is 0 Å². The summed E-state index contributed by atoms with van der Waals surface area (Å²) in [7, 11) is 1.73. The zero-order valence-electron chi connectivity index (χ0n) is 10.9. The van der Waals surface area contributed by atoms with Crippen LogP contribution < -0.4 is 10.5 Å². The fraction of sp³-hybridized carbons (Fsp3) is 0.600. The summed E-state index contributed by atoms with van der Waals surface area (Å²) in [6.07, 6.45) is 3.84. The van der Waals surface area contributed by atoms with Crippen molar-refractivity contribution in [1.82, 2.24) is 0 Å². The first-order valence-corrected chi connectivity index (χ1v) is 6.58. The fourth-order valence-corrected chi connectivity index (χ4v) is 3.01. The molecule has 17 heavy (non-hydrogen) atoms. The van der Waals surface area contributed by atoms with Crippen LogP contribution in [0.1, 0.15) is 37.7 Å². The van der Waals surface area contributed by atoms with Gasteiger partial charge in [-0.2, -0.15) is 0 Å². The number of rotatable bonds is 3. The lowest BCUT2D eigenvalue weighted by Gasteiger charge is -2.34. The molecule has 0 amide bonds. The first-order valence-electron chi connectivity index (χ1n) is 6.58. The summed E-state index contributed by atoms with van der Waals surface area (Å²) in [5.74, 6) is 3.02. The van der Waals surface area contributed by atoms with Crippen LogP contribution in [-0.4, -0.2) is 13.7 Å². The summed E-state index contributed by atoms with van der Waals surface area (Å²) in [6.45, 7) is 3.15. The van der Waals surface area contributed by atoms with E-state index in [-0.39, 0.29) is 0 Å². The quantitative estimate of drug-likeness (QED) is 0.870. The number of hydrogen-bond donors (Lipinski definition) is 1. The third-order valence-corrected chi connectivity index (χ3v) is 4.08. The molecule has 2 rings (SSSR count). The summed E-state index contributed by atoms with van der Waals surface area (Å²) in [6, 6.07) is 8.48. The molecule has 3 atom stereocenters. The zero-order chi connectivity index (χ0) is 12.3. The van der Waals surface area contributed by atoms with E-state index in [2.05, 4.69) is 25.1 Å². The smallest absolute Gasteiger partial charge is 0.119 e. The van der Waals surface area contributed by atoms with Crippen molar-refractivity contribution in [1.29, 1.82) is 0 Å². The maximum Gasteiger partial charge on any atom is 0.119 e. The Morgan fingerprint density at radius 3 is 2.88 bits per heavy atom. The average Bonchev–Trinajstić information content (AvgIpc) is 2.39. The second-order valence-corrected chi connectivity index (χ2v) is 5.30. The van der Waals surface area contributed by atoms with Crippen LogP contribution in [0.25, 0.3) is 0 Å². The molecule has 0 saturated heterocycles. The maximum atomic E-state index is 5.92. The van der Waals surface area contributed by atoms with Crippen LogP contribution in [0, 0.1) is 11.8 Å². The lowest BCUT2D eigenvalue weighted by Crippen LogP contribution is -2.28. The topological polar surface area (TPSA) is 35.2 Å². The van der Waals surface area contributed by atoms with Gasteiger partial charge in [-0.3, -0.25) is 0 Å². The molecule has 0 heterocycles. The summed E-state index contributed by atoms with van der Waals surface area (Å²) in [5, 5.41) is 0.